The molecule has 0 fully saturated rings. The van der Waals surface area contributed by atoms with Gasteiger partial charge in [-0.15, -0.1) is 0 Å². The molecule has 196 valence electrons. The molecule has 0 bridgehead atoms. The number of allylic oxidation sites excluding steroid dienone is 1. The molecule has 0 amide bonds. The number of rotatable bonds is 4. The van der Waals surface area contributed by atoms with Crippen LogP contribution in [0.25, 0.3) is 17.0 Å². The zero-order valence-electron chi connectivity index (χ0n) is 20.5. The van der Waals surface area contributed by atoms with Crippen LogP contribution in [-0.4, -0.2) is 27.9 Å². The number of hydrogen-bond acceptors (Lipinski definition) is 5. The van der Waals surface area contributed by atoms with E-state index in [2.05, 4.69) is 4.99 Å². The molecule has 6 nitrogen and oxygen atoms in total. The molecular formula is C27H21ClF3N3O3S. The summed E-state index contributed by atoms with van der Waals surface area (Å²) in [6.45, 7) is 3.25. The van der Waals surface area contributed by atoms with Gasteiger partial charge in [0, 0.05) is 34.2 Å². The minimum absolute atomic E-state index is 0.147. The van der Waals surface area contributed by atoms with Gasteiger partial charge in [-0.2, -0.15) is 13.2 Å². The zero-order valence-corrected chi connectivity index (χ0v) is 22.0. The number of halogens is 4. The number of hydrogen-bond donors (Lipinski definition) is 0. The van der Waals surface area contributed by atoms with Gasteiger partial charge in [0.1, 0.15) is 0 Å². The van der Waals surface area contributed by atoms with Gasteiger partial charge in [0.2, 0.25) is 0 Å². The van der Waals surface area contributed by atoms with Gasteiger partial charge in [0.15, 0.2) is 10.5 Å². The summed E-state index contributed by atoms with van der Waals surface area (Å²) in [5, 5.41) is 1.25. The lowest BCUT2D eigenvalue weighted by Gasteiger charge is -2.26. The Morgan fingerprint density at radius 1 is 1.18 bits per heavy atom. The third kappa shape index (κ3) is 4.27. The Morgan fingerprint density at radius 2 is 1.87 bits per heavy atom. The summed E-state index contributed by atoms with van der Waals surface area (Å²) in [6.07, 6.45) is -3.30. The zero-order chi connectivity index (χ0) is 27.4. The number of carbonyl (C=O) groups excluding carboxylic acids is 1. The maximum atomic E-state index is 14.2. The highest BCUT2D eigenvalue weighted by Crippen LogP contribution is 2.38. The van der Waals surface area contributed by atoms with Crippen molar-refractivity contribution in [1.82, 2.24) is 9.13 Å². The van der Waals surface area contributed by atoms with E-state index in [-0.39, 0.29) is 21.5 Å². The van der Waals surface area contributed by atoms with Crippen molar-refractivity contribution in [3.8, 4) is 0 Å². The first-order chi connectivity index (χ1) is 18.0. The quantitative estimate of drug-likeness (QED) is 0.338. The van der Waals surface area contributed by atoms with Gasteiger partial charge < -0.3 is 9.30 Å². The first-order valence-corrected chi connectivity index (χ1v) is 12.8. The highest BCUT2D eigenvalue weighted by Gasteiger charge is 2.45. The number of alkyl halides is 3. The van der Waals surface area contributed by atoms with Crippen molar-refractivity contribution >= 4 is 45.9 Å². The Labute approximate surface area is 223 Å². The highest BCUT2D eigenvalue weighted by atomic mass is 35.5. The van der Waals surface area contributed by atoms with Crippen molar-refractivity contribution in [2.45, 2.75) is 26.1 Å². The van der Waals surface area contributed by atoms with E-state index in [0.29, 0.717) is 5.02 Å². The summed E-state index contributed by atoms with van der Waals surface area (Å²) in [7, 11) is 1.90. The molecule has 0 aliphatic carbocycles. The third-order valence-electron chi connectivity index (χ3n) is 6.50. The van der Waals surface area contributed by atoms with E-state index in [1.54, 1.807) is 6.08 Å². The average molecular weight is 560 g/mol. The van der Waals surface area contributed by atoms with Gasteiger partial charge in [-0.1, -0.05) is 53.3 Å². The lowest BCUT2D eigenvalue weighted by molar-refractivity contribution is -0.140. The van der Waals surface area contributed by atoms with Crippen LogP contribution < -0.4 is 14.9 Å². The Bertz CT molecular complexity index is 1800. The molecule has 4 aromatic rings. The molecule has 38 heavy (non-hydrogen) atoms. The summed E-state index contributed by atoms with van der Waals surface area (Å²) in [6, 6.07) is 12.2. The number of ether oxygens (including phenoxy) is 1. The largest absolute Gasteiger partial charge is 0.463 e. The van der Waals surface area contributed by atoms with Crippen LogP contribution in [0.3, 0.4) is 0 Å². The van der Waals surface area contributed by atoms with Gasteiger partial charge in [-0.3, -0.25) is 9.36 Å². The Kier molecular flexibility index (Phi) is 6.56. The van der Waals surface area contributed by atoms with Gasteiger partial charge >= 0.3 is 12.1 Å². The topological polar surface area (TPSA) is 65.6 Å². The molecule has 1 aliphatic rings. The van der Waals surface area contributed by atoms with E-state index in [1.807, 2.05) is 42.8 Å². The molecular weight excluding hydrogens is 539 g/mol. The van der Waals surface area contributed by atoms with Crippen molar-refractivity contribution < 1.29 is 22.7 Å². The molecule has 11 heteroatoms. The van der Waals surface area contributed by atoms with Gasteiger partial charge in [0.05, 0.1) is 22.8 Å². The number of fused-ring (bicyclic) bond motifs is 2. The second-order valence-corrected chi connectivity index (χ2v) is 10.1. The summed E-state index contributed by atoms with van der Waals surface area (Å²) in [5.41, 5.74) is 0.178. The summed E-state index contributed by atoms with van der Waals surface area (Å²) < 4.78 is 51.0. The fourth-order valence-corrected chi connectivity index (χ4v) is 5.77. The molecule has 2 aromatic heterocycles. The minimum Gasteiger partial charge on any atom is -0.463 e. The fraction of sp³-hybridized carbons (Fsp3) is 0.222. The van der Waals surface area contributed by atoms with Crippen LogP contribution in [0.15, 0.2) is 69.6 Å². The second-order valence-electron chi connectivity index (χ2n) is 8.69. The van der Waals surface area contributed by atoms with Crippen molar-refractivity contribution in [1.29, 1.82) is 0 Å². The molecule has 0 saturated carbocycles. The Balaban J connectivity index is 1.84. The number of aryl methyl sites for hydroxylation is 1. The van der Waals surface area contributed by atoms with Gasteiger partial charge in [0.25, 0.3) is 5.56 Å². The molecule has 0 spiro atoms. The minimum atomic E-state index is -4.96. The predicted molar refractivity (Wildman–Crippen MR) is 140 cm³/mol. The van der Waals surface area contributed by atoms with Crippen LogP contribution >= 0.6 is 22.9 Å². The number of thiazole rings is 1. The van der Waals surface area contributed by atoms with Crippen LogP contribution in [-0.2, 0) is 16.6 Å². The monoisotopic (exact) mass is 559 g/mol. The Morgan fingerprint density at radius 3 is 2.53 bits per heavy atom. The molecule has 3 heterocycles. The molecule has 0 N–H and O–H groups in total. The maximum absolute atomic E-state index is 14.2. The first-order valence-electron chi connectivity index (χ1n) is 11.6. The number of benzene rings is 2. The SMILES string of the molecule is CCOC(=O)C1=C(C(F)(F)F)N=c2s/c(=C\c3c(C)n(C)c4ccccc34)c(=O)n2[C@@H]1c1ccc(Cl)cc1. The van der Waals surface area contributed by atoms with Crippen molar-refractivity contribution in [3.63, 3.8) is 0 Å². The molecule has 1 aliphatic heterocycles. The first kappa shape index (κ1) is 26.0. The van der Waals surface area contributed by atoms with Gasteiger partial charge in [-0.05, 0) is 43.7 Å². The van der Waals surface area contributed by atoms with E-state index in [4.69, 9.17) is 16.3 Å². The summed E-state index contributed by atoms with van der Waals surface area (Å²) >= 11 is 6.85. The normalized spacial score (nSPS) is 16.1. The van der Waals surface area contributed by atoms with E-state index in [1.165, 1.54) is 31.2 Å². The van der Waals surface area contributed by atoms with Crippen LogP contribution in [0.1, 0.15) is 29.8 Å². The summed E-state index contributed by atoms with van der Waals surface area (Å²) in [4.78, 5) is 30.4. The molecule has 5 rings (SSSR count). The number of para-hydroxylation sites is 1. The maximum Gasteiger partial charge on any atom is 0.434 e. The van der Waals surface area contributed by atoms with Crippen LogP contribution in [0.4, 0.5) is 13.2 Å². The van der Waals surface area contributed by atoms with Crippen LogP contribution in [0.2, 0.25) is 5.02 Å². The Hall–Kier alpha value is -3.63. The number of nitrogens with zero attached hydrogens (tertiary/aromatic N) is 3. The van der Waals surface area contributed by atoms with Crippen molar-refractivity contribution in [2.24, 2.45) is 12.0 Å². The smallest absolute Gasteiger partial charge is 0.434 e. The summed E-state index contributed by atoms with van der Waals surface area (Å²) in [5.74, 6) is -1.19. The number of carbonyl (C=O) groups is 1. The third-order valence-corrected chi connectivity index (χ3v) is 7.74. The van der Waals surface area contributed by atoms with E-state index in [9.17, 15) is 22.8 Å². The van der Waals surface area contributed by atoms with Crippen molar-refractivity contribution in [3.05, 3.63) is 101 Å². The fourth-order valence-electron chi connectivity index (χ4n) is 4.66. The van der Waals surface area contributed by atoms with E-state index < -0.39 is 35.0 Å². The molecule has 0 unspecified atom stereocenters. The van der Waals surface area contributed by atoms with Crippen molar-refractivity contribution in [2.75, 3.05) is 6.61 Å². The second kappa shape index (κ2) is 9.59. The van der Waals surface area contributed by atoms with Gasteiger partial charge in [-0.25, -0.2) is 9.79 Å². The highest BCUT2D eigenvalue weighted by molar-refractivity contribution is 7.07. The van der Waals surface area contributed by atoms with E-state index in [0.717, 1.165) is 38.1 Å². The molecule has 0 saturated heterocycles. The average Bonchev–Trinajstić information content (AvgIpc) is 3.32. The molecule has 2 aromatic carbocycles. The standard InChI is InChI=1S/C27H21ClF3N3O3S/c1-4-37-25(36)21-22(15-9-11-16(28)12-10-15)34-24(35)20(38-26(34)32-23(21)27(29,30)31)13-18-14(2)33(3)19-8-6-5-7-17(18)19/h5-13,22H,4H2,1-3H3/b20-13-/t22-/m1/s1. The lowest BCUT2D eigenvalue weighted by atomic mass is 9.95. The molecule has 1 atom stereocenters. The van der Waals surface area contributed by atoms with Crippen LogP contribution in [0, 0.1) is 6.92 Å². The number of aromatic nitrogens is 2. The van der Waals surface area contributed by atoms with Crippen LogP contribution in [0.5, 0.6) is 0 Å². The lowest BCUT2D eigenvalue weighted by Crippen LogP contribution is -2.41. The predicted octanol–water partition coefficient (Wildman–Crippen LogP) is 4.79. The van der Waals surface area contributed by atoms with E-state index >= 15 is 0 Å². The molecule has 0 radical (unpaired) electrons. The number of esters is 1.